The minimum atomic E-state index is -4.79. The van der Waals surface area contributed by atoms with Crippen molar-refractivity contribution in [1.82, 2.24) is 20.2 Å². The van der Waals surface area contributed by atoms with Crippen molar-refractivity contribution in [2.45, 2.75) is 31.1 Å². The molecule has 4 heterocycles. The molecule has 0 unspecified atom stereocenters. The Morgan fingerprint density at radius 3 is 2.60 bits per heavy atom. The van der Waals surface area contributed by atoms with E-state index >= 15 is 0 Å². The highest BCUT2D eigenvalue weighted by Gasteiger charge is 2.38. The molecule has 1 amide bonds. The summed E-state index contributed by atoms with van der Waals surface area (Å²) in [5, 5.41) is 6.23. The van der Waals surface area contributed by atoms with Crippen LogP contribution < -0.4 is 10.6 Å². The lowest BCUT2D eigenvalue weighted by Gasteiger charge is -2.15. The molecule has 3 aromatic rings. The van der Waals surface area contributed by atoms with Crippen LogP contribution in [-0.4, -0.2) is 48.5 Å². The van der Waals surface area contributed by atoms with Gasteiger partial charge in [-0.3, -0.25) is 4.79 Å². The van der Waals surface area contributed by atoms with Gasteiger partial charge >= 0.3 is 6.18 Å². The first-order valence-electron chi connectivity index (χ1n) is 10.6. The number of aromatic nitrogens is 2. The van der Waals surface area contributed by atoms with E-state index in [4.69, 9.17) is 0 Å². The van der Waals surface area contributed by atoms with Gasteiger partial charge in [-0.25, -0.2) is 18.4 Å². The monoisotopic (exact) mass is 523 g/mol. The average Bonchev–Trinajstić information content (AvgIpc) is 3.42. The van der Waals surface area contributed by atoms with Crippen LogP contribution in [0.1, 0.15) is 31.9 Å². The van der Waals surface area contributed by atoms with Gasteiger partial charge in [0.05, 0.1) is 21.2 Å². The maximum Gasteiger partial charge on any atom is 0.420 e. The summed E-state index contributed by atoms with van der Waals surface area (Å²) < 4.78 is 67.0. The van der Waals surface area contributed by atoms with Crippen LogP contribution >= 0.6 is 11.3 Å². The fourth-order valence-corrected chi connectivity index (χ4v) is 7.11. The second-order valence-electron chi connectivity index (χ2n) is 8.47. The molecule has 13 heteroatoms. The number of fused-ring (bicyclic) bond motifs is 2. The van der Waals surface area contributed by atoms with Crippen molar-refractivity contribution in [1.29, 1.82) is 0 Å². The number of benzene rings is 1. The summed E-state index contributed by atoms with van der Waals surface area (Å²) in [4.78, 5) is 21.5. The Morgan fingerprint density at radius 2 is 1.89 bits per heavy atom. The van der Waals surface area contributed by atoms with Gasteiger partial charge in [-0.15, -0.1) is 11.3 Å². The van der Waals surface area contributed by atoms with Crippen LogP contribution in [0.2, 0.25) is 0 Å². The second-order valence-corrected chi connectivity index (χ2v) is 11.6. The molecule has 5 rings (SSSR count). The zero-order chi connectivity index (χ0) is 25.1. The molecule has 8 nitrogen and oxygen atoms in total. The second kappa shape index (κ2) is 8.28. The third-order valence-electron chi connectivity index (χ3n) is 6.02. The number of alkyl halides is 3. The maximum atomic E-state index is 13.8. The van der Waals surface area contributed by atoms with E-state index < -0.39 is 33.2 Å². The van der Waals surface area contributed by atoms with Gasteiger partial charge in [0.25, 0.3) is 5.91 Å². The van der Waals surface area contributed by atoms with E-state index in [1.54, 1.807) is 0 Å². The first kappa shape index (κ1) is 23.7. The van der Waals surface area contributed by atoms with Crippen molar-refractivity contribution in [2.24, 2.45) is 0 Å². The Morgan fingerprint density at radius 1 is 1.17 bits per heavy atom. The SMILES string of the molecule is Cc1cc2c(cc1Nc1ncc(C(F)(F)F)c(-c3cc4c(s3)C(=O)N(C)CCS4(=O)=O)n1)CNC2. The number of carbonyl (C=O) groups excluding carboxylic acids is 1. The van der Waals surface area contributed by atoms with Gasteiger partial charge in [-0.2, -0.15) is 13.2 Å². The van der Waals surface area contributed by atoms with Gasteiger partial charge < -0.3 is 15.5 Å². The molecule has 2 N–H and O–H groups in total. The number of nitrogens with one attached hydrogen (secondary N) is 2. The van der Waals surface area contributed by atoms with Crippen molar-refractivity contribution in [3.63, 3.8) is 0 Å². The molecule has 2 aliphatic heterocycles. The van der Waals surface area contributed by atoms with Crippen LogP contribution in [0.3, 0.4) is 0 Å². The lowest BCUT2D eigenvalue weighted by Crippen LogP contribution is -2.27. The summed E-state index contributed by atoms with van der Waals surface area (Å²) in [7, 11) is -2.40. The van der Waals surface area contributed by atoms with Gasteiger partial charge in [0.15, 0.2) is 9.84 Å². The molecule has 0 saturated heterocycles. The average molecular weight is 524 g/mol. The highest BCUT2D eigenvalue weighted by molar-refractivity contribution is 7.91. The first-order valence-corrected chi connectivity index (χ1v) is 13.1. The summed E-state index contributed by atoms with van der Waals surface area (Å²) in [6.07, 6.45) is -4.12. The van der Waals surface area contributed by atoms with E-state index in [-0.39, 0.29) is 32.9 Å². The van der Waals surface area contributed by atoms with Crippen molar-refractivity contribution in [3.05, 3.63) is 51.5 Å². The van der Waals surface area contributed by atoms with Gasteiger partial charge in [0.2, 0.25) is 5.95 Å². The minimum Gasteiger partial charge on any atom is -0.340 e. The van der Waals surface area contributed by atoms with Gasteiger partial charge in [0.1, 0.15) is 10.4 Å². The Hall–Kier alpha value is -3.03. The molecule has 0 saturated carbocycles. The largest absolute Gasteiger partial charge is 0.420 e. The van der Waals surface area contributed by atoms with E-state index in [1.807, 2.05) is 19.1 Å². The normalized spacial score (nSPS) is 17.2. The number of rotatable bonds is 3. The predicted molar refractivity (Wildman–Crippen MR) is 124 cm³/mol. The predicted octanol–water partition coefficient (Wildman–Crippen LogP) is 3.74. The molecule has 0 aliphatic carbocycles. The standard InChI is InChI=1S/C22H20F3N5O3S2/c1-11-5-12-8-26-9-13(12)6-15(11)28-21-27-10-14(22(23,24)25)18(29-21)16-7-17-19(34-16)20(31)30(2)3-4-35(17,32)33/h5-7,10,26H,3-4,8-9H2,1-2H3,(H,27,28,29). The van der Waals surface area contributed by atoms with Crippen molar-refractivity contribution >= 4 is 38.7 Å². The third kappa shape index (κ3) is 4.28. The quantitative estimate of drug-likeness (QED) is 0.539. The third-order valence-corrected chi connectivity index (χ3v) is 8.99. The summed E-state index contributed by atoms with van der Waals surface area (Å²) in [6, 6.07) is 5.01. The van der Waals surface area contributed by atoms with Crippen LogP contribution in [0.4, 0.5) is 24.8 Å². The van der Waals surface area contributed by atoms with E-state index in [0.29, 0.717) is 29.8 Å². The number of carbonyl (C=O) groups is 1. The van der Waals surface area contributed by atoms with Gasteiger partial charge in [-0.1, -0.05) is 6.07 Å². The summed E-state index contributed by atoms with van der Waals surface area (Å²) in [5.74, 6) is -0.939. The molecule has 0 atom stereocenters. The molecule has 184 valence electrons. The number of hydrogen-bond donors (Lipinski definition) is 2. The van der Waals surface area contributed by atoms with Crippen LogP contribution in [0.15, 0.2) is 29.3 Å². The molecular weight excluding hydrogens is 503 g/mol. The minimum absolute atomic E-state index is 0.00290. The number of amides is 1. The molecule has 0 spiro atoms. The summed E-state index contributed by atoms with van der Waals surface area (Å²) in [6.45, 7) is 3.30. The van der Waals surface area contributed by atoms with Crippen LogP contribution in [-0.2, 0) is 29.1 Å². The van der Waals surface area contributed by atoms with E-state index in [9.17, 15) is 26.4 Å². The van der Waals surface area contributed by atoms with Crippen LogP contribution in [0.25, 0.3) is 10.6 Å². The molecule has 0 radical (unpaired) electrons. The molecule has 0 fully saturated rings. The Balaban J connectivity index is 1.62. The number of aryl methyl sites for hydroxylation is 1. The van der Waals surface area contributed by atoms with E-state index in [2.05, 4.69) is 20.6 Å². The van der Waals surface area contributed by atoms with E-state index in [1.165, 1.54) is 11.9 Å². The molecule has 2 aromatic heterocycles. The number of sulfone groups is 1. The molecular formula is C22H20F3N5O3S2. The summed E-state index contributed by atoms with van der Waals surface area (Å²) >= 11 is 0.684. The van der Waals surface area contributed by atoms with Crippen molar-refractivity contribution < 1.29 is 26.4 Å². The number of thiophene rings is 1. The number of hydrogen-bond acceptors (Lipinski definition) is 8. The molecule has 2 aliphatic rings. The number of nitrogens with zero attached hydrogens (tertiary/aromatic N) is 3. The Labute approximate surface area is 203 Å². The first-order chi connectivity index (χ1) is 16.4. The molecule has 35 heavy (non-hydrogen) atoms. The van der Waals surface area contributed by atoms with Crippen LogP contribution in [0, 0.1) is 6.92 Å². The molecule has 1 aromatic carbocycles. The van der Waals surface area contributed by atoms with Gasteiger partial charge in [-0.05, 0) is 35.7 Å². The van der Waals surface area contributed by atoms with Crippen molar-refractivity contribution in [2.75, 3.05) is 24.7 Å². The molecule has 0 bridgehead atoms. The summed E-state index contributed by atoms with van der Waals surface area (Å²) in [5.41, 5.74) is 2.14. The zero-order valence-corrected chi connectivity index (χ0v) is 20.3. The van der Waals surface area contributed by atoms with E-state index in [0.717, 1.165) is 29.3 Å². The Kier molecular flexibility index (Phi) is 5.61. The topological polar surface area (TPSA) is 104 Å². The number of anilines is 2. The maximum absolute atomic E-state index is 13.8. The van der Waals surface area contributed by atoms with Crippen LogP contribution in [0.5, 0.6) is 0 Å². The van der Waals surface area contributed by atoms with Gasteiger partial charge in [0, 0.05) is 38.6 Å². The lowest BCUT2D eigenvalue weighted by atomic mass is 10.1. The highest BCUT2D eigenvalue weighted by atomic mass is 32.2. The number of halogens is 3. The Bertz CT molecular complexity index is 1470. The highest BCUT2D eigenvalue weighted by Crippen LogP contribution is 2.42. The lowest BCUT2D eigenvalue weighted by molar-refractivity contribution is -0.137. The fraction of sp³-hybridized carbons (Fsp3) is 0.318. The van der Waals surface area contributed by atoms with Crippen molar-refractivity contribution in [3.8, 4) is 10.6 Å². The fourth-order valence-electron chi connectivity index (χ4n) is 4.08. The smallest absolute Gasteiger partial charge is 0.340 e. The zero-order valence-electron chi connectivity index (χ0n) is 18.7.